The van der Waals surface area contributed by atoms with Gasteiger partial charge in [-0.05, 0) is 0 Å². The minimum atomic E-state index is -5.58. The van der Waals surface area contributed by atoms with Gasteiger partial charge in [-0.25, -0.2) is 0 Å². The Kier molecular flexibility index (Phi) is 8.73. The topological polar surface area (TPSA) is 230 Å². The van der Waals surface area contributed by atoms with E-state index in [9.17, 15) is 35.2 Å². The number of rotatable bonds is 11. The van der Waals surface area contributed by atoms with Gasteiger partial charge in [0.15, 0.2) is 0 Å². The fourth-order valence-corrected chi connectivity index (χ4v) is 9.04. The third kappa shape index (κ3) is 5.27. The van der Waals surface area contributed by atoms with E-state index in [-0.39, 0.29) is 24.6 Å². The summed E-state index contributed by atoms with van der Waals surface area (Å²) in [4.78, 5) is 50.3. The van der Waals surface area contributed by atoms with Gasteiger partial charge in [0.25, 0.3) is 0 Å². The first-order valence-corrected chi connectivity index (χ1v) is 15.0. The third-order valence-electron chi connectivity index (χ3n) is 6.97. The summed E-state index contributed by atoms with van der Waals surface area (Å²) in [6.07, 6.45) is -4.91. The maximum atomic E-state index is 12.9. The van der Waals surface area contributed by atoms with Crippen LogP contribution in [0.15, 0.2) is 15.0 Å². The fourth-order valence-electron chi connectivity index (χ4n) is 5.45. The molecule has 3 heterocycles. The standard InChI is InChI=1S/C23H40N7O8P/c1-13(2)18(32)22(25)17-20(26-11-28-22)29(12-27-17)21-19(33)23(34,16(10-31)37-21)38-39(35,36,9-7-8-24)30(14(3)4)15(5)6/h11,13-16,19,21,31,33-36H,7,9-10,12,25H2,1-6H3/t16-,19+,21-,22?,23+/m1/s1. The molecule has 7 N–H and O–H groups in total. The van der Waals surface area contributed by atoms with Crippen LogP contribution in [0.2, 0.25) is 0 Å². The molecule has 5 atom stereocenters. The summed E-state index contributed by atoms with van der Waals surface area (Å²) in [7, 11) is -5.58. The molecule has 0 aliphatic carbocycles. The number of fused-ring (bicyclic) bond motifs is 1. The quantitative estimate of drug-likeness (QED) is 0.130. The number of ether oxygens (including phenoxy) is 1. The van der Waals surface area contributed by atoms with Crippen molar-refractivity contribution in [3.63, 3.8) is 0 Å². The van der Waals surface area contributed by atoms with E-state index in [1.165, 1.54) is 9.57 Å². The van der Waals surface area contributed by atoms with Gasteiger partial charge in [0.2, 0.25) is 0 Å². The Morgan fingerprint density at radius 3 is 2.46 bits per heavy atom. The summed E-state index contributed by atoms with van der Waals surface area (Å²) in [5.74, 6) is -3.66. The van der Waals surface area contributed by atoms with Gasteiger partial charge in [0.1, 0.15) is 0 Å². The Balaban J connectivity index is 2.00. The van der Waals surface area contributed by atoms with Gasteiger partial charge in [0, 0.05) is 0 Å². The fraction of sp³-hybridized carbons (Fsp3) is 0.783. The molecule has 16 heteroatoms. The molecule has 15 nitrogen and oxygen atoms in total. The maximum absolute atomic E-state index is 12.9. The van der Waals surface area contributed by atoms with E-state index in [0.717, 1.165) is 6.34 Å². The second-order valence-electron chi connectivity index (χ2n) is 10.9. The molecule has 0 aromatic carbocycles. The Morgan fingerprint density at radius 1 is 1.33 bits per heavy atom. The molecular formula is C23H40N7O8P. The van der Waals surface area contributed by atoms with Crippen LogP contribution in [0, 0.1) is 17.2 Å². The number of hydrogen-bond acceptors (Lipinski definition) is 15. The second-order valence-corrected chi connectivity index (χ2v) is 14.1. The van der Waals surface area contributed by atoms with Crippen LogP contribution in [0.25, 0.3) is 0 Å². The molecule has 0 bridgehead atoms. The molecule has 39 heavy (non-hydrogen) atoms. The van der Waals surface area contributed by atoms with Crippen molar-refractivity contribution in [3.8, 4) is 6.07 Å². The Hall–Kier alpha value is -1.96. The zero-order valence-electron chi connectivity index (χ0n) is 23.0. The predicted octanol–water partition coefficient (Wildman–Crippen LogP) is -0.965. The number of hydrogen-bond donors (Lipinski definition) is 6. The van der Waals surface area contributed by atoms with Crippen molar-refractivity contribution in [2.24, 2.45) is 26.6 Å². The van der Waals surface area contributed by atoms with Crippen LogP contribution < -0.4 is 5.73 Å². The monoisotopic (exact) mass is 573 g/mol. The number of carbonyl (C=O) groups is 1. The third-order valence-corrected chi connectivity index (χ3v) is 10.5. The van der Waals surface area contributed by atoms with Crippen molar-refractivity contribution < 1.29 is 39.2 Å². The Labute approximate surface area is 227 Å². The van der Waals surface area contributed by atoms with E-state index < -0.39 is 73.9 Å². The molecule has 1 unspecified atom stereocenters. The molecule has 0 saturated carbocycles. The number of nitriles is 1. The first-order valence-electron chi connectivity index (χ1n) is 12.8. The molecule has 3 aliphatic rings. The van der Waals surface area contributed by atoms with Gasteiger partial charge < -0.3 is 0 Å². The zero-order chi connectivity index (χ0) is 29.6. The van der Waals surface area contributed by atoms with Crippen LogP contribution in [0.4, 0.5) is 0 Å². The summed E-state index contributed by atoms with van der Waals surface area (Å²) in [6.45, 7) is 9.00. The van der Waals surface area contributed by atoms with Crippen LogP contribution >= 0.6 is 7.43 Å². The van der Waals surface area contributed by atoms with E-state index in [2.05, 4.69) is 15.0 Å². The van der Waals surface area contributed by atoms with Crippen molar-refractivity contribution in [1.29, 1.82) is 5.26 Å². The van der Waals surface area contributed by atoms with Crippen LogP contribution in [0.1, 0.15) is 48.0 Å². The molecule has 1 fully saturated rings. The van der Waals surface area contributed by atoms with Gasteiger partial charge in [-0.15, -0.1) is 0 Å². The minimum absolute atomic E-state index is 0.0418. The SMILES string of the molecule is CC(C)C(=O)C1(N)N=CN=C2C1=NCN2[C@@H]1O[C@H](CO)[C@](O)(OP(O)(O)(CCC#N)N(C(C)C)C(C)C)[C@H]1O. The van der Waals surface area contributed by atoms with E-state index in [0.29, 0.717) is 0 Å². The van der Waals surface area contributed by atoms with Crippen molar-refractivity contribution >= 4 is 31.1 Å². The summed E-state index contributed by atoms with van der Waals surface area (Å²) < 4.78 is 12.8. The van der Waals surface area contributed by atoms with Crippen LogP contribution in [-0.4, -0.2) is 120 Å². The van der Waals surface area contributed by atoms with Gasteiger partial charge >= 0.3 is 227 Å². The van der Waals surface area contributed by atoms with Crippen molar-refractivity contribution in [2.75, 3.05) is 19.4 Å². The predicted molar refractivity (Wildman–Crippen MR) is 143 cm³/mol. The van der Waals surface area contributed by atoms with Crippen LogP contribution in [-0.2, 0) is 14.1 Å². The summed E-state index contributed by atoms with van der Waals surface area (Å²) in [5.41, 5.74) is 4.56. The molecule has 0 amide bonds. The molecule has 1 saturated heterocycles. The van der Waals surface area contributed by atoms with E-state index in [1.54, 1.807) is 41.5 Å². The number of carbonyl (C=O) groups excluding carboxylic acids is 1. The number of aliphatic imine (C=N–C) groups is 3. The molecule has 0 radical (unpaired) electrons. The summed E-state index contributed by atoms with van der Waals surface area (Å²) in [5, 5.41) is 42.3. The van der Waals surface area contributed by atoms with Gasteiger partial charge in [-0.2, -0.15) is 0 Å². The normalized spacial score (nSPS) is 31.9. The zero-order valence-corrected chi connectivity index (χ0v) is 23.9. The number of ketones is 1. The van der Waals surface area contributed by atoms with Crippen molar-refractivity contribution in [2.45, 2.75) is 89.9 Å². The van der Waals surface area contributed by atoms with Crippen LogP contribution in [0.3, 0.4) is 0 Å². The van der Waals surface area contributed by atoms with Crippen molar-refractivity contribution in [3.05, 3.63) is 0 Å². The van der Waals surface area contributed by atoms with Gasteiger partial charge in [-0.3, -0.25) is 0 Å². The van der Waals surface area contributed by atoms with Crippen molar-refractivity contribution in [1.82, 2.24) is 9.57 Å². The first kappa shape index (κ1) is 31.6. The molecule has 220 valence electrons. The molecule has 0 spiro atoms. The molecule has 3 aliphatic heterocycles. The van der Waals surface area contributed by atoms with E-state index in [1.807, 2.05) is 6.07 Å². The Bertz CT molecular complexity index is 1100. The Morgan fingerprint density at radius 2 is 1.95 bits per heavy atom. The van der Waals surface area contributed by atoms with Gasteiger partial charge in [0.05, 0.1) is 0 Å². The average Bonchev–Trinajstić information content (AvgIpc) is 3.36. The summed E-state index contributed by atoms with van der Waals surface area (Å²) in [6, 6.07) is 0.835. The van der Waals surface area contributed by atoms with E-state index in [4.69, 9.17) is 15.0 Å². The number of nitrogens with zero attached hydrogens (tertiary/aromatic N) is 6. The number of aliphatic hydroxyl groups is 3. The molecular weight excluding hydrogens is 533 g/mol. The van der Waals surface area contributed by atoms with Gasteiger partial charge in [-0.1, -0.05) is 0 Å². The number of Topliss-reactive ketones (excluding diaryl/α,β-unsaturated/α-hetero) is 1. The number of aliphatic hydroxyl groups excluding tert-OH is 2. The van der Waals surface area contributed by atoms with Crippen LogP contribution in [0.5, 0.6) is 0 Å². The number of amidine groups is 1. The average molecular weight is 574 g/mol. The molecule has 0 aromatic rings. The molecule has 0 aromatic heterocycles. The first-order chi connectivity index (χ1) is 18.0. The summed E-state index contributed by atoms with van der Waals surface area (Å²) >= 11 is 0. The second kappa shape index (κ2) is 10.8. The number of nitrogens with two attached hydrogens (primary N) is 1. The molecule has 3 rings (SSSR count). The van der Waals surface area contributed by atoms with E-state index >= 15 is 0 Å².